The zero-order chi connectivity index (χ0) is 14.6. The highest BCUT2D eigenvalue weighted by Crippen LogP contribution is 2.22. The summed E-state index contributed by atoms with van der Waals surface area (Å²) in [6, 6.07) is 9.01. The fraction of sp³-hybridized carbons (Fsp3) is 0.308. The third-order valence-electron chi connectivity index (χ3n) is 2.84. The summed E-state index contributed by atoms with van der Waals surface area (Å²) in [6.07, 6.45) is 2.86. The van der Waals surface area contributed by atoms with Crippen molar-refractivity contribution in [1.82, 2.24) is 9.78 Å². The van der Waals surface area contributed by atoms with Crippen LogP contribution in [0.4, 0.5) is 5.69 Å². The van der Waals surface area contributed by atoms with Gasteiger partial charge in [0, 0.05) is 18.6 Å². The molecule has 0 fully saturated rings. The maximum absolute atomic E-state index is 12.6. The Labute approximate surface area is 123 Å². The fourth-order valence-corrected chi connectivity index (χ4v) is 3.50. The van der Waals surface area contributed by atoms with E-state index < -0.39 is 10.0 Å². The van der Waals surface area contributed by atoms with Gasteiger partial charge in [-0.05, 0) is 19.1 Å². The van der Waals surface area contributed by atoms with Crippen molar-refractivity contribution in [2.75, 3.05) is 16.7 Å². The summed E-state index contributed by atoms with van der Waals surface area (Å²) in [7, 11) is -3.59. The highest BCUT2D eigenvalue weighted by Gasteiger charge is 2.24. The van der Waals surface area contributed by atoms with Crippen molar-refractivity contribution in [2.24, 2.45) is 0 Å². The topological polar surface area (TPSA) is 55.2 Å². The number of halogens is 1. The third-order valence-corrected chi connectivity index (χ3v) is 4.87. The Balaban J connectivity index is 2.36. The number of anilines is 1. The van der Waals surface area contributed by atoms with Crippen LogP contribution in [-0.4, -0.2) is 30.6 Å². The molecule has 2 rings (SSSR count). The zero-order valence-electron chi connectivity index (χ0n) is 11.1. The highest BCUT2D eigenvalue weighted by molar-refractivity contribution is 7.92. The summed E-state index contributed by atoms with van der Waals surface area (Å²) in [4.78, 5) is 0.174. The summed E-state index contributed by atoms with van der Waals surface area (Å²) in [5, 5.41) is 4.01. The lowest BCUT2D eigenvalue weighted by atomic mass is 10.3. The van der Waals surface area contributed by atoms with Crippen LogP contribution in [0.25, 0.3) is 0 Å². The van der Waals surface area contributed by atoms with Gasteiger partial charge < -0.3 is 0 Å². The van der Waals surface area contributed by atoms with E-state index in [1.807, 2.05) is 18.2 Å². The van der Waals surface area contributed by atoms with E-state index in [0.717, 1.165) is 0 Å². The Morgan fingerprint density at radius 2 is 2.00 bits per heavy atom. The van der Waals surface area contributed by atoms with Crippen LogP contribution in [0.2, 0.25) is 0 Å². The predicted molar refractivity (Wildman–Crippen MR) is 79.6 cm³/mol. The molecule has 0 saturated carbocycles. The number of nitrogens with zero attached hydrogens (tertiary/aromatic N) is 3. The quantitative estimate of drug-likeness (QED) is 0.769. The average Bonchev–Trinajstić information content (AvgIpc) is 2.90. The molecule has 1 aromatic carbocycles. The molecule has 1 heterocycles. The Kier molecular flexibility index (Phi) is 4.67. The molecule has 0 saturated heterocycles. The van der Waals surface area contributed by atoms with Crippen molar-refractivity contribution in [3.05, 3.63) is 42.7 Å². The van der Waals surface area contributed by atoms with Crippen LogP contribution in [0.5, 0.6) is 0 Å². The smallest absolute Gasteiger partial charge is 0.267 e. The molecule has 0 spiro atoms. The summed E-state index contributed by atoms with van der Waals surface area (Å²) in [5.74, 6) is 0.386. The molecular formula is C13H16ClN3O2S. The van der Waals surface area contributed by atoms with Gasteiger partial charge in [-0.2, -0.15) is 5.10 Å². The van der Waals surface area contributed by atoms with Gasteiger partial charge in [0.2, 0.25) is 0 Å². The van der Waals surface area contributed by atoms with Crippen molar-refractivity contribution >= 4 is 27.3 Å². The number of sulfonamides is 1. The molecule has 2 aromatic rings. The van der Waals surface area contributed by atoms with Gasteiger partial charge in [-0.15, -0.1) is 11.6 Å². The Bertz CT molecular complexity index is 655. The van der Waals surface area contributed by atoms with Crippen LogP contribution >= 0.6 is 11.6 Å². The number of aryl methyl sites for hydroxylation is 1. The molecule has 108 valence electrons. The van der Waals surface area contributed by atoms with Gasteiger partial charge in [-0.25, -0.2) is 8.42 Å². The Morgan fingerprint density at radius 3 is 2.60 bits per heavy atom. The first-order valence-electron chi connectivity index (χ1n) is 6.25. The number of rotatable bonds is 6. The molecule has 0 amide bonds. The first-order valence-corrected chi connectivity index (χ1v) is 8.23. The van der Waals surface area contributed by atoms with Crippen molar-refractivity contribution < 1.29 is 8.42 Å². The minimum absolute atomic E-state index is 0.174. The number of hydrogen-bond donors (Lipinski definition) is 0. The molecule has 0 N–H and O–H groups in total. The lowest BCUT2D eigenvalue weighted by molar-refractivity contribution is 0.591. The fourth-order valence-electron chi connectivity index (χ4n) is 1.90. The van der Waals surface area contributed by atoms with E-state index in [1.54, 1.807) is 19.1 Å². The van der Waals surface area contributed by atoms with Crippen LogP contribution in [-0.2, 0) is 16.6 Å². The van der Waals surface area contributed by atoms with E-state index in [0.29, 0.717) is 24.7 Å². The Hall–Kier alpha value is -1.53. The molecule has 0 atom stereocenters. The lowest BCUT2D eigenvalue weighted by Crippen LogP contribution is -2.30. The second-order valence-corrected chi connectivity index (χ2v) is 6.37. The molecule has 0 unspecified atom stereocenters. The number of aromatic nitrogens is 2. The summed E-state index contributed by atoms with van der Waals surface area (Å²) >= 11 is 5.62. The number of alkyl halides is 1. The molecule has 7 heteroatoms. The van der Waals surface area contributed by atoms with Crippen LogP contribution in [0.3, 0.4) is 0 Å². The van der Waals surface area contributed by atoms with E-state index in [1.165, 1.54) is 21.4 Å². The van der Waals surface area contributed by atoms with E-state index in [9.17, 15) is 8.42 Å². The molecule has 5 nitrogen and oxygen atoms in total. The van der Waals surface area contributed by atoms with Gasteiger partial charge in [0.1, 0.15) is 4.90 Å². The molecular weight excluding hydrogens is 298 g/mol. The molecule has 0 radical (unpaired) electrons. The molecule has 0 aliphatic rings. The van der Waals surface area contributed by atoms with Crippen LogP contribution in [0.1, 0.15) is 6.92 Å². The van der Waals surface area contributed by atoms with Crippen LogP contribution in [0, 0.1) is 0 Å². The van der Waals surface area contributed by atoms with Gasteiger partial charge >= 0.3 is 0 Å². The van der Waals surface area contributed by atoms with Gasteiger partial charge in [0.25, 0.3) is 10.0 Å². The molecule has 1 aromatic heterocycles. The van der Waals surface area contributed by atoms with E-state index in [2.05, 4.69) is 5.10 Å². The lowest BCUT2D eigenvalue weighted by Gasteiger charge is -2.21. The van der Waals surface area contributed by atoms with Gasteiger partial charge in [0.05, 0.1) is 18.4 Å². The molecule has 0 aliphatic carbocycles. The molecule has 0 bridgehead atoms. The van der Waals surface area contributed by atoms with Crippen molar-refractivity contribution in [2.45, 2.75) is 18.4 Å². The SMILES string of the molecule is CCN(c1ccccc1)S(=O)(=O)c1cnn(CCCl)c1. The van der Waals surface area contributed by atoms with Crippen molar-refractivity contribution in [3.63, 3.8) is 0 Å². The average molecular weight is 314 g/mol. The first kappa shape index (κ1) is 14.9. The van der Waals surface area contributed by atoms with Gasteiger partial charge in [-0.3, -0.25) is 8.99 Å². The second kappa shape index (κ2) is 6.28. The highest BCUT2D eigenvalue weighted by atomic mass is 35.5. The summed E-state index contributed by atoms with van der Waals surface area (Å²) in [6.45, 7) is 2.63. The monoisotopic (exact) mass is 313 g/mol. The normalized spacial score (nSPS) is 11.5. The maximum atomic E-state index is 12.6. The van der Waals surface area contributed by atoms with Crippen molar-refractivity contribution in [1.29, 1.82) is 0 Å². The third kappa shape index (κ3) is 2.96. The maximum Gasteiger partial charge on any atom is 0.267 e. The first-order chi connectivity index (χ1) is 9.59. The molecule has 0 aliphatic heterocycles. The van der Waals surface area contributed by atoms with Crippen LogP contribution < -0.4 is 4.31 Å². The van der Waals surface area contributed by atoms with E-state index in [-0.39, 0.29) is 4.90 Å². The standard InChI is InChI=1S/C13H16ClN3O2S/c1-2-17(12-6-4-3-5-7-12)20(18,19)13-10-15-16(11-13)9-8-14/h3-7,10-11H,2,8-9H2,1H3. The second-order valence-electron chi connectivity index (χ2n) is 4.13. The number of hydrogen-bond acceptors (Lipinski definition) is 3. The predicted octanol–water partition coefficient (Wildman–Crippen LogP) is 2.34. The number of benzene rings is 1. The largest absolute Gasteiger partial charge is 0.270 e. The minimum Gasteiger partial charge on any atom is -0.270 e. The van der Waals surface area contributed by atoms with Gasteiger partial charge in [-0.1, -0.05) is 18.2 Å². The van der Waals surface area contributed by atoms with E-state index >= 15 is 0 Å². The van der Waals surface area contributed by atoms with Crippen molar-refractivity contribution in [3.8, 4) is 0 Å². The minimum atomic E-state index is -3.59. The van der Waals surface area contributed by atoms with E-state index in [4.69, 9.17) is 11.6 Å². The number of para-hydroxylation sites is 1. The zero-order valence-corrected chi connectivity index (χ0v) is 12.7. The van der Waals surface area contributed by atoms with Crippen LogP contribution in [0.15, 0.2) is 47.6 Å². The Morgan fingerprint density at radius 1 is 1.30 bits per heavy atom. The summed E-state index contributed by atoms with van der Waals surface area (Å²) in [5.41, 5.74) is 0.639. The van der Waals surface area contributed by atoms with Gasteiger partial charge in [0.15, 0.2) is 0 Å². The summed E-state index contributed by atoms with van der Waals surface area (Å²) < 4.78 is 28.1. The molecule has 20 heavy (non-hydrogen) atoms.